The molecule has 1 fully saturated rings. The van der Waals surface area contributed by atoms with Crippen LogP contribution < -0.4 is 10.6 Å². The lowest BCUT2D eigenvalue weighted by atomic mass is 9.64. The van der Waals surface area contributed by atoms with E-state index in [2.05, 4.69) is 15.4 Å². The first-order chi connectivity index (χ1) is 17.9. The number of esters is 1. The molecular weight excluding hydrogens is 494 g/mol. The third kappa shape index (κ3) is 4.44. The van der Waals surface area contributed by atoms with Gasteiger partial charge in [-0.2, -0.15) is 0 Å². The van der Waals surface area contributed by atoms with E-state index in [4.69, 9.17) is 4.74 Å². The van der Waals surface area contributed by atoms with Gasteiger partial charge >= 0.3 is 5.97 Å². The highest BCUT2D eigenvalue weighted by Crippen LogP contribution is 2.54. The largest absolute Gasteiger partial charge is 0.469 e. The predicted octanol–water partition coefficient (Wildman–Crippen LogP) is -0.213. The molecule has 2 amide bonds. The summed E-state index contributed by atoms with van der Waals surface area (Å²) in [6.45, 7) is 3.41. The van der Waals surface area contributed by atoms with Crippen molar-refractivity contribution in [2.24, 2.45) is 0 Å². The Morgan fingerprint density at radius 2 is 1.87 bits per heavy atom. The van der Waals surface area contributed by atoms with Gasteiger partial charge in [0.05, 0.1) is 13.2 Å². The number of aliphatic hydroxyl groups is 1. The van der Waals surface area contributed by atoms with Crippen molar-refractivity contribution in [1.29, 1.82) is 0 Å². The minimum absolute atomic E-state index is 0.101. The lowest BCUT2D eigenvalue weighted by Gasteiger charge is -2.47. The van der Waals surface area contributed by atoms with Crippen LogP contribution in [0.3, 0.4) is 0 Å². The molecule has 1 aromatic carbocycles. The minimum atomic E-state index is -2.31. The van der Waals surface area contributed by atoms with Gasteiger partial charge in [-0.15, -0.1) is 0 Å². The fourth-order valence-corrected chi connectivity index (χ4v) is 5.74. The van der Waals surface area contributed by atoms with E-state index >= 15 is 0 Å². The van der Waals surface area contributed by atoms with E-state index in [1.165, 1.54) is 39.3 Å². The van der Waals surface area contributed by atoms with Gasteiger partial charge in [-0.3, -0.25) is 28.9 Å². The van der Waals surface area contributed by atoms with Gasteiger partial charge in [-0.1, -0.05) is 29.8 Å². The van der Waals surface area contributed by atoms with Crippen molar-refractivity contribution in [2.45, 2.75) is 62.4 Å². The normalized spacial score (nSPS) is 27.0. The van der Waals surface area contributed by atoms with E-state index in [0.29, 0.717) is 11.1 Å². The van der Waals surface area contributed by atoms with Gasteiger partial charge in [0.1, 0.15) is 12.1 Å². The fraction of sp³-hybridized carbons (Fsp3) is 0.519. The Labute approximate surface area is 221 Å². The molecule has 0 spiro atoms. The Morgan fingerprint density at radius 1 is 1.21 bits per heavy atom. The summed E-state index contributed by atoms with van der Waals surface area (Å²) < 4.78 is 10.3. The quantitative estimate of drug-likeness (QED) is 0.224. The third-order valence-electron chi connectivity index (χ3n) is 7.42. The second-order valence-corrected chi connectivity index (χ2v) is 9.83. The van der Waals surface area contributed by atoms with Crippen LogP contribution in [0.4, 0.5) is 0 Å². The summed E-state index contributed by atoms with van der Waals surface area (Å²) in [5.74, 6) is -3.27. The molecule has 0 saturated carbocycles. The molecule has 3 N–H and O–H groups in total. The van der Waals surface area contributed by atoms with Crippen molar-refractivity contribution in [3.8, 4) is 0 Å². The number of methoxy groups -OCH3 is 2. The van der Waals surface area contributed by atoms with Gasteiger partial charge in [-0.25, -0.2) is 0 Å². The van der Waals surface area contributed by atoms with Crippen molar-refractivity contribution in [3.05, 3.63) is 47.0 Å². The van der Waals surface area contributed by atoms with Crippen LogP contribution in [0.5, 0.6) is 0 Å². The average Bonchev–Trinajstić information content (AvgIpc) is 3.09. The molecule has 206 valence electrons. The molecule has 11 heteroatoms. The number of benzene rings is 1. The van der Waals surface area contributed by atoms with E-state index in [0.717, 1.165) is 0 Å². The van der Waals surface area contributed by atoms with Crippen LogP contribution in [-0.4, -0.2) is 91.4 Å². The van der Waals surface area contributed by atoms with Crippen LogP contribution in [0, 0.1) is 0 Å². The van der Waals surface area contributed by atoms with E-state index < -0.39 is 58.7 Å². The molecule has 2 aliphatic rings. The summed E-state index contributed by atoms with van der Waals surface area (Å²) in [5.41, 5.74) is -3.15. The number of hydrogen-bond acceptors (Lipinski definition) is 9. The standard InChI is InChI=1S/C27H35N3O8/c1-15(2)13-19(31)18(11-12-21(33)37-5)29-25(35)26-20(32)14-16-9-7-8-10-17(16)27(26,36)23(38-6)22(30(26)4)24(34)28-3/h7-10,13,18,22-23,36H,11-12,14H2,1-6H3,(H,28,34)(H,29,35). The molecule has 38 heavy (non-hydrogen) atoms. The minimum Gasteiger partial charge on any atom is -0.469 e. The maximum Gasteiger partial charge on any atom is 0.305 e. The zero-order chi connectivity index (χ0) is 28.4. The summed E-state index contributed by atoms with van der Waals surface area (Å²) in [4.78, 5) is 67.4. The van der Waals surface area contributed by atoms with E-state index in [9.17, 15) is 29.1 Å². The maximum atomic E-state index is 14.3. The fourth-order valence-electron chi connectivity index (χ4n) is 5.74. The highest BCUT2D eigenvalue weighted by Gasteiger charge is 2.77. The molecule has 11 nitrogen and oxygen atoms in total. The summed E-state index contributed by atoms with van der Waals surface area (Å²) in [6.07, 6.45) is -0.452. The Bertz CT molecular complexity index is 1180. The molecule has 5 unspecified atom stereocenters. The maximum absolute atomic E-state index is 14.3. The first kappa shape index (κ1) is 29.2. The predicted molar refractivity (Wildman–Crippen MR) is 136 cm³/mol. The first-order valence-corrected chi connectivity index (χ1v) is 12.3. The number of likely N-dealkylation sites (N-methyl/N-ethyl adjacent to an activating group) is 2. The highest BCUT2D eigenvalue weighted by molar-refractivity contribution is 6.16. The van der Waals surface area contributed by atoms with Crippen molar-refractivity contribution in [3.63, 3.8) is 0 Å². The zero-order valence-electron chi connectivity index (χ0n) is 22.5. The van der Waals surface area contributed by atoms with Gasteiger partial charge in [0.15, 0.2) is 22.7 Å². The molecule has 0 bridgehead atoms. The molecule has 0 radical (unpaired) electrons. The monoisotopic (exact) mass is 529 g/mol. The average molecular weight is 530 g/mol. The summed E-state index contributed by atoms with van der Waals surface area (Å²) in [6, 6.07) is 4.21. The molecule has 1 aliphatic heterocycles. The first-order valence-electron chi connectivity index (χ1n) is 12.3. The second kappa shape index (κ2) is 11.1. The second-order valence-electron chi connectivity index (χ2n) is 9.83. The number of nitrogens with one attached hydrogen (secondary N) is 2. The van der Waals surface area contributed by atoms with E-state index in [-0.39, 0.29) is 24.8 Å². The molecule has 0 aromatic heterocycles. The molecule has 3 rings (SSSR count). The van der Waals surface area contributed by atoms with Crippen molar-refractivity contribution in [1.82, 2.24) is 15.5 Å². The Morgan fingerprint density at radius 3 is 2.45 bits per heavy atom. The van der Waals surface area contributed by atoms with Gasteiger partial charge in [0, 0.05) is 27.0 Å². The molecule has 5 atom stereocenters. The molecule has 1 saturated heterocycles. The number of carbonyl (C=O) groups excluding carboxylic acids is 5. The Hall–Kier alpha value is -3.41. The van der Waals surface area contributed by atoms with Crippen molar-refractivity contribution in [2.75, 3.05) is 28.3 Å². The molecular formula is C27H35N3O8. The van der Waals surface area contributed by atoms with E-state index in [1.807, 2.05) is 0 Å². The van der Waals surface area contributed by atoms with Gasteiger partial charge in [0.2, 0.25) is 5.91 Å². The Kier molecular flexibility index (Phi) is 8.55. The lowest BCUT2D eigenvalue weighted by molar-refractivity contribution is -0.170. The van der Waals surface area contributed by atoms with Crippen LogP contribution >= 0.6 is 0 Å². The number of allylic oxidation sites excluding steroid dienone is 1. The smallest absolute Gasteiger partial charge is 0.305 e. The lowest BCUT2D eigenvalue weighted by Crippen LogP contribution is -2.73. The van der Waals surface area contributed by atoms with E-state index in [1.54, 1.807) is 38.1 Å². The summed E-state index contributed by atoms with van der Waals surface area (Å²) >= 11 is 0. The number of ether oxygens (including phenoxy) is 2. The number of rotatable bonds is 9. The summed E-state index contributed by atoms with van der Waals surface area (Å²) in [5, 5.41) is 17.6. The van der Waals surface area contributed by atoms with Crippen LogP contribution in [0.15, 0.2) is 35.9 Å². The number of ketones is 2. The number of likely N-dealkylation sites (tertiary alicyclic amines) is 1. The number of nitrogens with zero attached hydrogens (tertiary/aromatic N) is 1. The van der Waals surface area contributed by atoms with Crippen molar-refractivity contribution >= 4 is 29.4 Å². The molecule has 1 aliphatic carbocycles. The van der Waals surface area contributed by atoms with Crippen LogP contribution in [0.1, 0.15) is 37.8 Å². The number of amides is 2. The molecule has 1 heterocycles. The zero-order valence-corrected chi connectivity index (χ0v) is 22.5. The van der Waals surface area contributed by atoms with Crippen LogP contribution in [0.25, 0.3) is 0 Å². The number of hydrogen-bond donors (Lipinski definition) is 3. The summed E-state index contributed by atoms with van der Waals surface area (Å²) in [7, 11) is 5.30. The topological polar surface area (TPSA) is 151 Å². The van der Waals surface area contributed by atoms with Gasteiger partial charge < -0.3 is 25.2 Å². The number of carbonyl (C=O) groups is 5. The van der Waals surface area contributed by atoms with Crippen molar-refractivity contribution < 1.29 is 38.6 Å². The number of fused-ring (bicyclic) bond motifs is 3. The van der Waals surface area contributed by atoms with Crippen LogP contribution in [-0.2, 0) is 45.5 Å². The number of Topliss-reactive ketones (excluding diaryl/α,β-unsaturated/α-hetero) is 1. The van der Waals surface area contributed by atoms with Crippen LogP contribution in [0.2, 0.25) is 0 Å². The van der Waals surface area contributed by atoms with Gasteiger partial charge in [-0.05, 0) is 44.5 Å². The molecule has 1 aromatic rings. The highest BCUT2D eigenvalue weighted by atomic mass is 16.5. The third-order valence-corrected chi connectivity index (χ3v) is 7.42. The van der Waals surface area contributed by atoms with Gasteiger partial charge in [0.25, 0.3) is 5.91 Å². The SMILES string of the molecule is CNC(=O)C1C(OC)C2(O)c3ccccc3CC(=O)C2(C(=O)NC(CCC(=O)OC)C(=O)C=C(C)C)N1C. The Balaban J connectivity index is 2.20.